The highest BCUT2D eigenvalue weighted by Gasteiger charge is 2.28. The minimum atomic E-state index is -1.54. The summed E-state index contributed by atoms with van der Waals surface area (Å²) >= 11 is 5.18. The first-order chi connectivity index (χ1) is 10.3. The van der Waals surface area contributed by atoms with Crippen molar-refractivity contribution in [3.05, 3.63) is 47.7 Å². The van der Waals surface area contributed by atoms with Gasteiger partial charge in [0.25, 0.3) is 5.56 Å². The van der Waals surface area contributed by atoms with Gasteiger partial charge in [-0.3, -0.25) is 4.79 Å². The van der Waals surface area contributed by atoms with Gasteiger partial charge in [-0.05, 0) is 34.7 Å². The first-order valence-electron chi connectivity index (χ1n) is 5.72. The number of pyridine rings is 1. The molecular weight excluding hydrogens is 471 g/mol. The average Bonchev–Trinajstić information content (AvgIpc) is 2.36. The molecule has 0 aliphatic carbocycles. The Kier molecular flexibility index (Phi) is 4.56. The summed E-state index contributed by atoms with van der Waals surface area (Å²) in [5.74, 6) is -3.37. The Bertz CT molecular complexity index is 842. The smallest absolute Gasteiger partial charge is 0.342 e. The molecule has 0 aliphatic rings. The highest BCUT2D eigenvalue weighted by atomic mass is 127. The molecule has 0 fully saturated rings. The van der Waals surface area contributed by atoms with E-state index in [2.05, 4.69) is 20.9 Å². The molecule has 0 saturated heterocycles. The van der Waals surface area contributed by atoms with E-state index in [4.69, 9.17) is 5.73 Å². The monoisotopic (exact) mass is 478 g/mol. The van der Waals surface area contributed by atoms with Crippen LogP contribution in [0.15, 0.2) is 27.5 Å². The maximum atomic E-state index is 11.9. The van der Waals surface area contributed by atoms with Crippen molar-refractivity contribution >= 4 is 56.3 Å². The number of hydrogen-bond acceptors (Lipinski definition) is 4. The molecule has 0 atom stereocenters. The first-order valence-corrected chi connectivity index (χ1v) is 7.59. The zero-order valence-corrected chi connectivity index (χ0v) is 14.4. The van der Waals surface area contributed by atoms with Crippen molar-refractivity contribution in [1.82, 2.24) is 4.98 Å². The van der Waals surface area contributed by atoms with Gasteiger partial charge in [0.2, 0.25) is 0 Å². The molecule has 0 radical (unpaired) electrons. The van der Waals surface area contributed by atoms with Crippen LogP contribution in [0.1, 0.15) is 20.7 Å². The van der Waals surface area contributed by atoms with E-state index >= 15 is 0 Å². The fraction of sp³-hybridized carbons (Fsp3) is 0. The number of carboxylic acid groups (broad SMARTS) is 2. The molecule has 0 saturated carbocycles. The Morgan fingerprint density at radius 3 is 2.23 bits per heavy atom. The highest BCUT2D eigenvalue weighted by Crippen LogP contribution is 2.37. The number of anilines is 1. The minimum Gasteiger partial charge on any atom is -0.478 e. The summed E-state index contributed by atoms with van der Waals surface area (Å²) in [6, 6.07) is 4.98. The van der Waals surface area contributed by atoms with Crippen LogP contribution in [-0.2, 0) is 0 Å². The maximum Gasteiger partial charge on any atom is 0.342 e. The topological polar surface area (TPSA) is 133 Å². The Morgan fingerprint density at radius 2 is 1.73 bits per heavy atom. The van der Waals surface area contributed by atoms with Gasteiger partial charge in [0.1, 0.15) is 16.9 Å². The summed E-state index contributed by atoms with van der Waals surface area (Å²) in [7, 11) is 0. The predicted octanol–water partition coefficient (Wildman–Crippen LogP) is 2.39. The van der Waals surface area contributed by atoms with E-state index in [0.29, 0.717) is 8.04 Å². The van der Waals surface area contributed by atoms with Crippen LogP contribution in [0.25, 0.3) is 11.1 Å². The Balaban J connectivity index is 3.10. The second-order valence-corrected chi connectivity index (χ2v) is 6.22. The molecule has 0 unspecified atom stereocenters. The molecule has 1 aromatic carbocycles. The van der Waals surface area contributed by atoms with E-state index in [1.54, 1.807) is 18.2 Å². The Labute approximate surface area is 145 Å². The summed E-state index contributed by atoms with van der Waals surface area (Å²) < 4.78 is 1.02. The van der Waals surface area contributed by atoms with Crippen molar-refractivity contribution in [1.29, 1.82) is 0 Å². The number of aromatic carboxylic acids is 2. The van der Waals surface area contributed by atoms with Crippen LogP contribution in [0.4, 0.5) is 5.82 Å². The molecule has 9 heteroatoms. The molecule has 22 heavy (non-hydrogen) atoms. The fourth-order valence-electron chi connectivity index (χ4n) is 2.03. The Morgan fingerprint density at radius 1 is 1.14 bits per heavy atom. The Hall–Kier alpha value is -1.88. The number of hydrogen-bond donors (Lipinski definition) is 4. The van der Waals surface area contributed by atoms with Crippen molar-refractivity contribution in [2.45, 2.75) is 0 Å². The van der Waals surface area contributed by atoms with Crippen LogP contribution >= 0.6 is 38.5 Å². The van der Waals surface area contributed by atoms with Crippen LogP contribution in [0.3, 0.4) is 0 Å². The van der Waals surface area contributed by atoms with Gasteiger partial charge in [0, 0.05) is 19.2 Å². The number of halogens is 2. The van der Waals surface area contributed by atoms with Gasteiger partial charge in [-0.25, -0.2) is 9.59 Å². The van der Waals surface area contributed by atoms with Crippen LogP contribution in [0.5, 0.6) is 0 Å². The number of nitrogens with one attached hydrogen (secondary N) is 1. The van der Waals surface area contributed by atoms with Gasteiger partial charge in [0.15, 0.2) is 0 Å². The molecule has 2 rings (SSSR count). The van der Waals surface area contributed by atoms with Gasteiger partial charge in [-0.1, -0.05) is 22.0 Å². The molecule has 114 valence electrons. The van der Waals surface area contributed by atoms with Crippen molar-refractivity contribution in [3.8, 4) is 11.1 Å². The summed E-state index contributed by atoms with van der Waals surface area (Å²) in [5.41, 5.74) is 3.56. The third kappa shape index (κ3) is 2.73. The van der Waals surface area contributed by atoms with Gasteiger partial charge >= 0.3 is 11.9 Å². The van der Waals surface area contributed by atoms with Crippen LogP contribution < -0.4 is 11.3 Å². The molecule has 7 nitrogen and oxygen atoms in total. The third-order valence-corrected chi connectivity index (χ3v) is 4.44. The van der Waals surface area contributed by atoms with Crippen molar-refractivity contribution < 1.29 is 19.8 Å². The van der Waals surface area contributed by atoms with Crippen LogP contribution in [0, 0.1) is 3.57 Å². The normalized spacial score (nSPS) is 10.5. The quantitative estimate of drug-likeness (QED) is 0.500. The third-order valence-electron chi connectivity index (χ3n) is 2.89. The lowest BCUT2D eigenvalue weighted by molar-refractivity contribution is 0.0695. The van der Waals surface area contributed by atoms with Crippen molar-refractivity contribution in [3.63, 3.8) is 0 Å². The number of benzene rings is 1. The molecule has 0 amide bonds. The average molecular weight is 479 g/mol. The van der Waals surface area contributed by atoms with Gasteiger partial charge < -0.3 is 20.9 Å². The molecule has 0 aliphatic heterocycles. The number of nitrogen functional groups attached to an aromatic ring is 1. The van der Waals surface area contributed by atoms with Gasteiger partial charge in [-0.15, -0.1) is 0 Å². The molecule has 2 aromatic rings. The standard InChI is InChI=1S/C13H8BrIN2O5/c14-4-2-1-3-5(15)6(4)7-8(12(19)20)10(16)17-11(18)9(7)13(21)22/h1-3H,(H,19,20)(H,21,22)(H3,16,17,18). The van der Waals surface area contributed by atoms with Crippen molar-refractivity contribution in [2.24, 2.45) is 0 Å². The summed E-state index contributed by atoms with van der Waals surface area (Å²) in [6.07, 6.45) is 0. The first kappa shape index (κ1) is 16.5. The zero-order valence-electron chi connectivity index (χ0n) is 10.7. The molecule has 5 N–H and O–H groups in total. The van der Waals surface area contributed by atoms with Gasteiger partial charge in [-0.2, -0.15) is 0 Å². The van der Waals surface area contributed by atoms with E-state index in [1.165, 1.54) is 0 Å². The van der Waals surface area contributed by atoms with Crippen LogP contribution in [-0.4, -0.2) is 27.1 Å². The van der Waals surface area contributed by atoms with E-state index in [-0.39, 0.29) is 11.1 Å². The van der Waals surface area contributed by atoms with E-state index in [0.717, 1.165) is 0 Å². The largest absolute Gasteiger partial charge is 0.478 e. The lowest BCUT2D eigenvalue weighted by Gasteiger charge is -2.14. The van der Waals surface area contributed by atoms with E-state index in [9.17, 15) is 24.6 Å². The number of H-pyrrole nitrogens is 1. The van der Waals surface area contributed by atoms with Crippen molar-refractivity contribution in [2.75, 3.05) is 5.73 Å². The lowest BCUT2D eigenvalue weighted by atomic mass is 9.95. The molecule has 1 heterocycles. The second kappa shape index (κ2) is 6.08. The number of carbonyl (C=O) groups is 2. The molecule has 1 aromatic heterocycles. The number of carboxylic acids is 2. The fourth-order valence-corrected chi connectivity index (χ4v) is 3.74. The predicted molar refractivity (Wildman–Crippen MR) is 91.2 cm³/mol. The number of aromatic nitrogens is 1. The van der Waals surface area contributed by atoms with Gasteiger partial charge in [0.05, 0.1) is 0 Å². The summed E-state index contributed by atoms with van der Waals surface area (Å²) in [6.45, 7) is 0. The SMILES string of the molecule is Nc1[nH]c(=O)c(C(=O)O)c(-c2c(Br)cccc2I)c1C(=O)O. The zero-order chi connectivity index (χ0) is 16.6. The molecule has 0 spiro atoms. The second-order valence-electron chi connectivity index (χ2n) is 4.20. The molecular formula is C13H8BrIN2O5. The highest BCUT2D eigenvalue weighted by molar-refractivity contribution is 14.1. The number of nitrogens with two attached hydrogens (primary N) is 1. The van der Waals surface area contributed by atoms with E-state index in [1.807, 2.05) is 22.6 Å². The summed E-state index contributed by atoms with van der Waals surface area (Å²) in [5, 5.41) is 18.7. The van der Waals surface area contributed by atoms with E-state index < -0.39 is 34.4 Å². The molecule has 0 bridgehead atoms. The minimum absolute atomic E-state index is 0.224. The lowest BCUT2D eigenvalue weighted by Crippen LogP contribution is -2.24. The van der Waals surface area contributed by atoms with Crippen LogP contribution in [0.2, 0.25) is 0 Å². The number of aromatic amines is 1. The number of rotatable bonds is 3. The maximum absolute atomic E-state index is 11.9. The summed E-state index contributed by atoms with van der Waals surface area (Å²) in [4.78, 5) is 37.0.